The summed E-state index contributed by atoms with van der Waals surface area (Å²) in [6, 6.07) is 7.70. The summed E-state index contributed by atoms with van der Waals surface area (Å²) in [4.78, 5) is 15.8. The molecule has 6 nitrogen and oxygen atoms in total. The molecule has 0 aliphatic heterocycles. The Bertz CT molecular complexity index is 992. The highest BCUT2D eigenvalue weighted by Gasteiger charge is 2.21. The number of benzene rings is 2. The van der Waals surface area contributed by atoms with Gasteiger partial charge in [0.25, 0.3) is 0 Å². The third-order valence-corrected chi connectivity index (χ3v) is 4.78. The van der Waals surface area contributed by atoms with Crippen molar-refractivity contribution in [1.29, 1.82) is 0 Å². The van der Waals surface area contributed by atoms with Crippen molar-refractivity contribution in [3.05, 3.63) is 47.2 Å². The molecule has 1 heterocycles. The number of anilines is 1. The summed E-state index contributed by atoms with van der Waals surface area (Å²) in [7, 11) is 4.71. The first-order valence-electron chi connectivity index (χ1n) is 8.65. The molecule has 0 fully saturated rings. The van der Waals surface area contributed by atoms with Crippen molar-refractivity contribution < 1.29 is 19.0 Å². The molecule has 142 valence electrons. The smallest absolute Gasteiger partial charge is 0.228 e. The van der Waals surface area contributed by atoms with Crippen molar-refractivity contribution >= 4 is 22.5 Å². The highest BCUT2D eigenvalue weighted by molar-refractivity contribution is 5.99. The van der Waals surface area contributed by atoms with Gasteiger partial charge in [-0.15, -0.1) is 0 Å². The highest BCUT2D eigenvalue weighted by atomic mass is 16.5. The maximum Gasteiger partial charge on any atom is 0.228 e. The van der Waals surface area contributed by atoms with E-state index in [1.807, 2.05) is 44.3 Å². The first-order chi connectivity index (χ1) is 13.0. The summed E-state index contributed by atoms with van der Waals surface area (Å²) >= 11 is 0. The molecule has 0 aliphatic carbocycles. The van der Waals surface area contributed by atoms with E-state index in [2.05, 4.69) is 10.3 Å². The number of nitrogens with one attached hydrogen (secondary N) is 2. The van der Waals surface area contributed by atoms with E-state index in [0.29, 0.717) is 17.2 Å². The van der Waals surface area contributed by atoms with E-state index in [4.69, 9.17) is 14.2 Å². The minimum atomic E-state index is -0.0959. The Morgan fingerprint density at radius 3 is 2.48 bits per heavy atom. The molecule has 0 saturated carbocycles. The van der Waals surface area contributed by atoms with E-state index in [9.17, 15) is 4.79 Å². The second kappa shape index (κ2) is 7.61. The van der Waals surface area contributed by atoms with Crippen LogP contribution in [0, 0.1) is 13.8 Å². The minimum absolute atomic E-state index is 0.0959. The van der Waals surface area contributed by atoms with Gasteiger partial charge in [0, 0.05) is 23.3 Å². The Morgan fingerprint density at radius 1 is 1.07 bits per heavy atom. The summed E-state index contributed by atoms with van der Waals surface area (Å²) < 4.78 is 16.4. The van der Waals surface area contributed by atoms with Gasteiger partial charge in [-0.05, 0) is 36.6 Å². The molecule has 3 rings (SSSR count). The van der Waals surface area contributed by atoms with Gasteiger partial charge in [-0.1, -0.05) is 12.1 Å². The predicted octanol–water partition coefficient (Wildman–Crippen LogP) is 3.99. The number of ether oxygens (including phenoxy) is 3. The highest BCUT2D eigenvalue weighted by Crippen LogP contribution is 2.44. The number of methoxy groups -OCH3 is 3. The summed E-state index contributed by atoms with van der Waals surface area (Å²) in [5.74, 6) is 1.52. The summed E-state index contributed by atoms with van der Waals surface area (Å²) in [5, 5.41) is 3.80. The predicted molar refractivity (Wildman–Crippen MR) is 106 cm³/mol. The van der Waals surface area contributed by atoms with Crippen LogP contribution >= 0.6 is 0 Å². The van der Waals surface area contributed by atoms with Crippen molar-refractivity contribution in [1.82, 2.24) is 4.98 Å². The van der Waals surface area contributed by atoms with Gasteiger partial charge < -0.3 is 24.5 Å². The molecule has 0 unspecified atom stereocenters. The Morgan fingerprint density at radius 2 is 1.81 bits per heavy atom. The van der Waals surface area contributed by atoms with Gasteiger partial charge in [-0.2, -0.15) is 0 Å². The molecule has 1 aromatic heterocycles. The zero-order valence-electron chi connectivity index (χ0n) is 16.2. The van der Waals surface area contributed by atoms with Gasteiger partial charge in [0.15, 0.2) is 11.5 Å². The number of H-pyrrole nitrogens is 1. The number of carbonyl (C=O) groups is 1. The van der Waals surface area contributed by atoms with Gasteiger partial charge in [0.1, 0.15) is 0 Å². The number of carbonyl (C=O) groups excluding carboxylic acids is 1. The SMILES string of the molecule is COc1cc2[nH]cc(CC(=O)Nc3cccc(C)c3C)c2c(OC)c1OC. The number of fused-ring (bicyclic) bond motifs is 1. The van der Waals surface area contributed by atoms with E-state index in [0.717, 1.165) is 33.3 Å². The zero-order chi connectivity index (χ0) is 19.6. The molecule has 3 aromatic rings. The number of rotatable bonds is 6. The fourth-order valence-electron chi connectivity index (χ4n) is 3.22. The number of amides is 1. The normalized spacial score (nSPS) is 10.7. The van der Waals surface area contributed by atoms with E-state index < -0.39 is 0 Å². The molecule has 0 radical (unpaired) electrons. The monoisotopic (exact) mass is 368 g/mol. The standard InChI is InChI=1S/C21H24N2O4/c1-12-7-6-8-15(13(12)2)23-18(24)9-14-11-22-16-10-17(25-3)20(26-4)21(27-5)19(14)16/h6-8,10-11,22H,9H2,1-5H3,(H,23,24). The lowest BCUT2D eigenvalue weighted by atomic mass is 10.1. The van der Waals surface area contributed by atoms with Crippen LogP contribution in [-0.2, 0) is 11.2 Å². The van der Waals surface area contributed by atoms with E-state index in [-0.39, 0.29) is 12.3 Å². The van der Waals surface area contributed by atoms with Crippen LogP contribution in [0.25, 0.3) is 10.9 Å². The molecular weight excluding hydrogens is 344 g/mol. The molecule has 2 aromatic carbocycles. The molecule has 2 N–H and O–H groups in total. The molecule has 6 heteroatoms. The van der Waals surface area contributed by atoms with Crippen LogP contribution < -0.4 is 19.5 Å². The number of aryl methyl sites for hydroxylation is 1. The van der Waals surface area contributed by atoms with E-state index >= 15 is 0 Å². The van der Waals surface area contributed by atoms with Crippen LogP contribution in [0.3, 0.4) is 0 Å². The van der Waals surface area contributed by atoms with Crippen molar-refractivity contribution in [3.63, 3.8) is 0 Å². The second-order valence-electron chi connectivity index (χ2n) is 6.35. The van der Waals surface area contributed by atoms with Crippen molar-refractivity contribution in [2.75, 3.05) is 26.6 Å². The first-order valence-corrected chi connectivity index (χ1v) is 8.65. The molecule has 0 spiro atoms. The Kier molecular flexibility index (Phi) is 5.26. The van der Waals surface area contributed by atoms with E-state index in [1.165, 1.54) is 0 Å². The lowest BCUT2D eigenvalue weighted by Gasteiger charge is -2.14. The summed E-state index contributed by atoms with van der Waals surface area (Å²) in [5.41, 5.74) is 4.67. The first kappa shape index (κ1) is 18.6. The van der Waals surface area contributed by atoms with Crippen LogP contribution in [0.5, 0.6) is 17.2 Å². The molecule has 27 heavy (non-hydrogen) atoms. The molecule has 1 amide bonds. The summed E-state index contributed by atoms with van der Waals surface area (Å²) in [6.07, 6.45) is 2.02. The third kappa shape index (κ3) is 3.43. The average Bonchev–Trinajstić information content (AvgIpc) is 3.06. The second-order valence-corrected chi connectivity index (χ2v) is 6.35. The Labute approximate surface area is 158 Å². The van der Waals surface area contributed by atoms with Crippen LogP contribution in [0.4, 0.5) is 5.69 Å². The average molecular weight is 368 g/mol. The van der Waals surface area contributed by atoms with Crippen LogP contribution in [0.2, 0.25) is 0 Å². The summed E-state index contributed by atoms with van der Waals surface area (Å²) in [6.45, 7) is 4.02. The van der Waals surface area contributed by atoms with Crippen molar-refractivity contribution in [2.24, 2.45) is 0 Å². The molecule has 0 atom stereocenters. The number of hydrogen-bond donors (Lipinski definition) is 2. The lowest BCUT2D eigenvalue weighted by Crippen LogP contribution is -2.15. The maximum absolute atomic E-state index is 12.6. The van der Waals surface area contributed by atoms with Gasteiger partial charge >= 0.3 is 0 Å². The van der Waals surface area contributed by atoms with Crippen molar-refractivity contribution in [3.8, 4) is 17.2 Å². The number of aromatic nitrogens is 1. The molecular formula is C21H24N2O4. The fourth-order valence-corrected chi connectivity index (χ4v) is 3.22. The van der Waals surface area contributed by atoms with Crippen LogP contribution in [-0.4, -0.2) is 32.2 Å². The van der Waals surface area contributed by atoms with Crippen LogP contribution in [0.1, 0.15) is 16.7 Å². The molecule has 0 saturated heterocycles. The zero-order valence-corrected chi connectivity index (χ0v) is 16.2. The third-order valence-electron chi connectivity index (χ3n) is 4.78. The van der Waals surface area contributed by atoms with Gasteiger partial charge in [0.2, 0.25) is 11.7 Å². The fraction of sp³-hybridized carbons (Fsp3) is 0.286. The lowest BCUT2D eigenvalue weighted by molar-refractivity contribution is -0.115. The largest absolute Gasteiger partial charge is 0.493 e. The van der Waals surface area contributed by atoms with Gasteiger partial charge in [-0.25, -0.2) is 0 Å². The van der Waals surface area contributed by atoms with Crippen LogP contribution in [0.15, 0.2) is 30.5 Å². The molecule has 0 bridgehead atoms. The number of aromatic amines is 1. The van der Waals surface area contributed by atoms with Gasteiger partial charge in [-0.3, -0.25) is 4.79 Å². The van der Waals surface area contributed by atoms with Crippen molar-refractivity contribution in [2.45, 2.75) is 20.3 Å². The number of hydrogen-bond acceptors (Lipinski definition) is 4. The quantitative estimate of drug-likeness (QED) is 0.690. The minimum Gasteiger partial charge on any atom is -0.493 e. The maximum atomic E-state index is 12.6. The topological polar surface area (TPSA) is 72.6 Å². The van der Waals surface area contributed by atoms with E-state index in [1.54, 1.807) is 21.3 Å². The Hall–Kier alpha value is -3.15. The van der Waals surface area contributed by atoms with Gasteiger partial charge in [0.05, 0.1) is 33.3 Å². The molecule has 0 aliphatic rings. The Balaban J connectivity index is 1.95.